The highest BCUT2D eigenvalue weighted by molar-refractivity contribution is 5.77. The lowest BCUT2D eigenvalue weighted by molar-refractivity contribution is -0.173. The Balaban J connectivity index is 3.81. The topological polar surface area (TPSA) is 67.9 Å². The molecule has 2 amide bonds. The zero-order valence-electron chi connectivity index (χ0n) is 12.8. The summed E-state index contributed by atoms with van der Waals surface area (Å²) in [7, 11) is 3.03. The van der Waals surface area contributed by atoms with Gasteiger partial charge in [0.25, 0.3) is 0 Å². The molecule has 112 valence electrons. The van der Waals surface area contributed by atoms with Gasteiger partial charge in [-0.05, 0) is 33.6 Å². The normalized spacial score (nSPS) is 12.7. The number of nitrogens with zero attached hydrogens (tertiary/aromatic N) is 1. The molecule has 19 heavy (non-hydrogen) atoms. The molecule has 6 heteroatoms. The van der Waals surface area contributed by atoms with Crippen LogP contribution in [0.3, 0.4) is 0 Å². The zero-order valence-corrected chi connectivity index (χ0v) is 12.8. The van der Waals surface area contributed by atoms with Crippen LogP contribution >= 0.6 is 0 Å². The van der Waals surface area contributed by atoms with Crippen LogP contribution in [0, 0.1) is 5.92 Å². The smallest absolute Gasteiger partial charge is 0.407 e. The number of nitrogens with one attached hydrogen (secondary N) is 1. The molecule has 0 aromatic rings. The average Bonchev–Trinajstić information content (AvgIpc) is 2.30. The summed E-state index contributed by atoms with van der Waals surface area (Å²) in [4.78, 5) is 27.9. The van der Waals surface area contributed by atoms with E-state index in [0.717, 1.165) is 0 Å². The minimum Gasteiger partial charge on any atom is -0.444 e. The van der Waals surface area contributed by atoms with Gasteiger partial charge in [0.1, 0.15) is 5.60 Å². The molecule has 0 heterocycles. The molecule has 0 rings (SSSR count). The predicted molar refractivity (Wildman–Crippen MR) is 72.4 cm³/mol. The zero-order chi connectivity index (χ0) is 15.1. The van der Waals surface area contributed by atoms with Gasteiger partial charge in [-0.25, -0.2) is 9.86 Å². The van der Waals surface area contributed by atoms with Crippen molar-refractivity contribution in [3.63, 3.8) is 0 Å². The molecule has 0 aliphatic heterocycles. The largest absolute Gasteiger partial charge is 0.444 e. The lowest BCUT2D eigenvalue weighted by Crippen LogP contribution is -2.34. The summed E-state index contributed by atoms with van der Waals surface area (Å²) in [6.45, 7) is 7.77. The fourth-order valence-corrected chi connectivity index (χ4v) is 1.44. The Morgan fingerprint density at radius 3 is 2.37 bits per heavy atom. The Kier molecular flexibility index (Phi) is 7.44. The molecule has 0 aromatic heterocycles. The SMILES string of the molecule is CON(C)C(=O)[C@@H](C)CCCNC(=O)OC(C)(C)C. The molecule has 1 atom stereocenters. The first kappa shape index (κ1) is 17.7. The Labute approximate surface area is 115 Å². The van der Waals surface area contributed by atoms with E-state index < -0.39 is 11.7 Å². The number of hydroxylamine groups is 2. The summed E-state index contributed by atoms with van der Waals surface area (Å²) in [5, 5.41) is 3.87. The second-order valence-electron chi connectivity index (χ2n) is 5.49. The number of hydrogen-bond donors (Lipinski definition) is 1. The Morgan fingerprint density at radius 2 is 1.89 bits per heavy atom. The van der Waals surface area contributed by atoms with E-state index in [0.29, 0.717) is 19.4 Å². The van der Waals surface area contributed by atoms with Gasteiger partial charge >= 0.3 is 6.09 Å². The van der Waals surface area contributed by atoms with Gasteiger partial charge in [0.2, 0.25) is 5.91 Å². The first-order valence-corrected chi connectivity index (χ1v) is 6.46. The number of rotatable bonds is 6. The van der Waals surface area contributed by atoms with Gasteiger partial charge in [0.15, 0.2) is 0 Å². The second-order valence-corrected chi connectivity index (χ2v) is 5.49. The summed E-state index contributed by atoms with van der Waals surface area (Å²) >= 11 is 0. The van der Waals surface area contributed by atoms with Crippen molar-refractivity contribution in [2.45, 2.75) is 46.1 Å². The van der Waals surface area contributed by atoms with Gasteiger partial charge in [-0.15, -0.1) is 0 Å². The lowest BCUT2D eigenvalue weighted by atomic mass is 10.1. The highest BCUT2D eigenvalue weighted by atomic mass is 16.7. The molecule has 0 aliphatic carbocycles. The van der Waals surface area contributed by atoms with Crippen LogP contribution in [-0.2, 0) is 14.4 Å². The maximum Gasteiger partial charge on any atom is 0.407 e. The number of alkyl carbamates (subject to hydrolysis) is 1. The van der Waals surface area contributed by atoms with E-state index in [4.69, 9.17) is 9.57 Å². The average molecular weight is 274 g/mol. The number of carbonyl (C=O) groups is 2. The predicted octanol–water partition coefficient (Wildman–Crippen LogP) is 1.95. The van der Waals surface area contributed by atoms with Crippen LogP contribution < -0.4 is 5.32 Å². The Bertz CT molecular complexity index is 300. The molecule has 0 spiro atoms. The van der Waals surface area contributed by atoms with Crippen molar-refractivity contribution < 1.29 is 19.2 Å². The monoisotopic (exact) mass is 274 g/mol. The molecule has 0 radical (unpaired) electrons. The highest BCUT2D eigenvalue weighted by Gasteiger charge is 2.18. The molecule has 0 aliphatic rings. The van der Waals surface area contributed by atoms with Crippen molar-refractivity contribution in [2.75, 3.05) is 20.7 Å². The van der Waals surface area contributed by atoms with Crippen LogP contribution in [0.2, 0.25) is 0 Å². The molecular formula is C13H26N2O4. The highest BCUT2D eigenvalue weighted by Crippen LogP contribution is 2.09. The quantitative estimate of drug-likeness (QED) is 0.594. The third-order valence-electron chi connectivity index (χ3n) is 2.49. The van der Waals surface area contributed by atoms with Crippen LogP contribution in [0.15, 0.2) is 0 Å². The molecule has 0 bridgehead atoms. The van der Waals surface area contributed by atoms with Crippen molar-refractivity contribution in [3.8, 4) is 0 Å². The van der Waals surface area contributed by atoms with Crippen LogP contribution in [0.1, 0.15) is 40.5 Å². The van der Waals surface area contributed by atoms with Crippen LogP contribution in [0.4, 0.5) is 4.79 Å². The number of hydrogen-bond acceptors (Lipinski definition) is 4. The fraction of sp³-hybridized carbons (Fsp3) is 0.846. The third-order valence-corrected chi connectivity index (χ3v) is 2.49. The van der Waals surface area contributed by atoms with E-state index >= 15 is 0 Å². The first-order chi connectivity index (χ1) is 8.67. The van der Waals surface area contributed by atoms with Crippen molar-refractivity contribution in [2.24, 2.45) is 5.92 Å². The summed E-state index contributed by atoms with van der Waals surface area (Å²) in [5.74, 6) is -0.204. The molecule has 0 fully saturated rings. The van der Waals surface area contributed by atoms with Gasteiger partial charge in [-0.1, -0.05) is 6.92 Å². The van der Waals surface area contributed by atoms with Gasteiger partial charge in [-0.2, -0.15) is 0 Å². The number of amides is 2. The van der Waals surface area contributed by atoms with Crippen molar-refractivity contribution in [1.29, 1.82) is 0 Å². The molecular weight excluding hydrogens is 248 g/mol. The number of ether oxygens (including phenoxy) is 1. The van der Waals surface area contributed by atoms with E-state index in [2.05, 4.69) is 5.32 Å². The molecule has 1 N–H and O–H groups in total. The van der Waals surface area contributed by atoms with Gasteiger partial charge in [0.05, 0.1) is 7.11 Å². The van der Waals surface area contributed by atoms with E-state index in [9.17, 15) is 9.59 Å². The van der Waals surface area contributed by atoms with Gasteiger partial charge in [-0.3, -0.25) is 9.63 Å². The fourth-order valence-electron chi connectivity index (χ4n) is 1.44. The summed E-state index contributed by atoms with van der Waals surface area (Å²) < 4.78 is 5.10. The van der Waals surface area contributed by atoms with Gasteiger partial charge < -0.3 is 10.1 Å². The van der Waals surface area contributed by atoms with E-state index in [-0.39, 0.29) is 11.8 Å². The minimum absolute atomic E-state index is 0.0697. The third kappa shape index (κ3) is 8.42. The Morgan fingerprint density at radius 1 is 1.32 bits per heavy atom. The summed E-state index contributed by atoms with van der Waals surface area (Å²) in [5.41, 5.74) is -0.492. The lowest BCUT2D eigenvalue weighted by Gasteiger charge is -2.20. The molecule has 0 saturated carbocycles. The van der Waals surface area contributed by atoms with E-state index in [1.54, 1.807) is 7.05 Å². The maximum atomic E-state index is 11.7. The standard InChI is InChI=1S/C13H26N2O4/c1-10(11(16)15(5)18-6)8-7-9-14-12(17)19-13(2,3)4/h10H,7-9H2,1-6H3,(H,14,17)/t10-/m0/s1. The summed E-state index contributed by atoms with van der Waals surface area (Å²) in [6, 6.07) is 0. The molecule has 0 unspecified atom stereocenters. The van der Waals surface area contributed by atoms with Crippen LogP contribution in [0.5, 0.6) is 0 Å². The van der Waals surface area contributed by atoms with Crippen molar-refractivity contribution in [3.05, 3.63) is 0 Å². The van der Waals surface area contributed by atoms with Crippen LogP contribution in [-0.4, -0.2) is 43.4 Å². The maximum absolute atomic E-state index is 11.7. The van der Waals surface area contributed by atoms with Crippen molar-refractivity contribution in [1.82, 2.24) is 10.4 Å². The second kappa shape index (κ2) is 7.99. The van der Waals surface area contributed by atoms with E-state index in [1.807, 2.05) is 27.7 Å². The minimum atomic E-state index is -0.492. The van der Waals surface area contributed by atoms with Crippen molar-refractivity contribution >= 4 is 12.0 Å². The summed E-state index contributed by atoms with van der Waals surface area (Å²) in [6.07, 6.45) is 0.965. The van der Waals surface area contributed by atoms with E-state index in [1.165, 1.54) is 12.2 Å². The molecule has 0 saturated heterocycles. The van der Waals surface area contributed by atoms with Gasteiger partial charge in [0, 0.05) is 19.5 Å². The van der Waals surface area contributed by atoms with Crippen LogP contribution in [0.25, 0.3) is 0 Å². The number of carbonyl (C=O) groups excluding carboxylic acids is 2. The Hall–Kier alpha value is -1.30. The molecule has 0 aromatic carbocycles. The first-order valence-electron chi connectivity index (χ1n) is 6.46. The molecule has 6 nitrogen and oxygen atoms in total.